The van der Waals surface area contributed by atoms with Crippen molar-refractivity contribution in [2.24, 2.45) is 5.73 Å². The lowest BCUT2D eigenvalue weighted by Crippen LogP contribution is -2.56. The van der Waals surface area contributed by atoms with Crippen LogP contribution in [-0.4, -0.2) is 94.2 Å². The molecular weight excluding hydrogens is 514 g/mol. The van der Waals surface area contributed by atoms with Gasteiger partial charge in [-0.15, -0.1) is 0 Å². The van der Waals surface area contributed by atoms with Crippen LogP contribution in [-0.2, 0) is 20.6 Å². The number of phenolic OH excluding ortho intramolecular Hbond substituents is 2. The molecule has 0 aromatic heterocycles. The van der Waals surface area contributed by atoms with Crippen molar-refractivity contribution in [1.82, 2.24) is 0 Å². The number of benzene rings is 2. The maximum Gasteiger partial charge on any atom is 0.202 e. The van der Waals surface area contributed by atoms with Gasteiger partial charge in [-0.3, -0.25) is 9.59 Å². The van der Waals surface area contributed by atoms with Gasteiger partial charge in [0.1, 0.15) is 35.1 Å². The lowest BCUT2D eigenvalue weighted by Gasteiger charge is -2.45. The number of rotatable bonds is 5. The van der Waals surface area contributed by atoms with Crippen LogP contribution in [0.2, 0.25) is 0 Å². The number of nitrogens with two attached hydrogens (primary N) is 1. The van der Waals surface area contributed by atoms with Gasteiger partial charge in [0.15, 0.2) is 12.1 Å². The van der Waals surface area contributed by atoms with Crippen molar-refractivity contribution < 1.29 is 54.1 Å². The van der Waals surface area contributed by atoms with Gasteiger partial charge >= 0.3 is 0 Å². The van der Waals surface area contributed by atoms with Crippen molar-refractivity contribution >= 4 is 11.6 Å². The fourth-order valence-electron chi connectivity index (χ4n) is 5.82. The average Bonchev–Trinajstić information content (AvgIpc) is 2.90. The van der Waals surface area contributed by atoms with Crippen LogP contribution >= 0.6 is 0 Å². The summed E-state index contributed by atoms with van der Waals surface area (Å²) in [6.07, 6.45) is -6.50. The van der Waals surface area contributed by atoms with Crippen LogP contribution in [0.4, 0.5) is 0 Å². The molecule has 0 spiro atoms. The number of carbonyl (C=O) groups excluding carboxylic acids is 2. The van der Waals surface area contributed by atoms with E-state index in [4.69, 9.17) is 24.7 Å². The van der Waals surface area contributed by atoms with Gasteiger partial charge in [-0.2, -0.15) is 0 Å². The molecule has 12 nitrogen and oxygen atoms in total. The lowest BCUT2D eigenvalue weighted by molar-refractivity contribution is -0.270. The van der Waals surface area contributed by atoms with E-state index in [1.807, 2.05) is 0 Å². The Morgan fingerprint density at radius 3 is 2.41 bits per heavy atom. The lowest BCUT2D eigenvalue weighted by atomic mass is 9.72. The number of ether oxygens (including phenoxy) is 4. The van der Waals surface area contributed by atoms with Gasteiger partial charge < -0.3 is 50.2 Å². The topological polar surface area (TPSA) is 198 Å². The van der Waals surface area contributed by atoms with Gasteiger partial charge in [0, 0.05) is 42.7 Å². The second-order valence-electron chi connectivity index (χ2n) is 10.3. The number of aliphatic hydroxyl groups excluding tert-OH is 2. The van der Waals surface area contributed by atoms with Gasteiger partial charge in [0.05, 0.1) is 42.6 Å². The summed E-state index contributed by atoms with van der Waals surface area (Å²) in [5.41, 5.74) is 2.71. The van der Waals surface area contributed by atoms with Gasteiger partial charge in [-0.1, -0.05) is 12.1 Å². The van der Waals surface area contributed by atoms with Crippen LogP contribution in [0.25, 0.3) is 0 Å². The number of aliphatic hydroxyl groups is 3. The van der Waals surface area contributed by atoms with Crippen LogP contribution in [0.3, 0.4) is 0 Å². The Bertz CT molecular complexity index is 1330. The van der Waals surface area contributed by atoms with E-state index in [0.717, 1.165) is 0 Å². The highest BCUT2D eigenvalue weighted by atomic mass is 16.7. The molecule has 3 aliphatic rings. The smallest absolute Gasteiger partial charge is 0.202 e. The van der Waals surface area contributed by atoms with Crippen molar-refractivity contribution in [3.8, 4) is 17.2 Å². The summed E-state index contributed by atoms with van der Waals surface area (Å²) >= 11 is 0. The highest BCUT2D eigenvalue weighted by Gasteiger charge is 2.53. The highest BCUT2D eigenvalue weighted by Crippen LogP contribution is 2.52. The molecule has 0 radical (unpaired) electrons. The Balaban J connectivity index is 1.70. The first-order chi connectivity index (χ1) is 18.4. The van der Waals surface area contributed by atoms with Gasteiger partial charge in [-0.25, -0.2) is 0 Å². The third-order valence-corrected chi connectivity index (χ3v) is 7.81. The van der Waals surface area contributed by atoms with Crippen molar-refractivity contribution in [2.75, 3.05) is 20.8 Å². The molecule has 2 aromatic rings. The monoisotopic (exact) mass is 545 g/mol. The Labute approximate surface area is 223 Å². The first-order valence-corrected chi connectivity index (χ1v) is 12.5. The normalized spacial score (nSPS) is 31.9. The van der Waals surface area contributed by atoms with Crippen molar-refractivity contribution in [2.45, 2.75) is 62.1 Å². The molecule has 210 valence electrons. The van der Waals surface area contributed by atoms with Crippen LogP contribution in [0.15, 0.2) is 18.2 Å². The molecule has 0 saturated carbocycles. The van der Waals surface area contributed by atoms with Crippen LogP contribution < -0.4 is 10.5 Å². The van der Waals surface area contributed by atoms with Crippen molar-refractivity contribution in [3.63, 3.8) is 0 Å². The fraction of sp³-hybridized carbons (Fsp3) is 0.481. The minimum absolute atomic E-state index is 0.00639. The number of carbonyl (C=O) groups is 2. The van der Waals surface area contributed by atoms with E-state index in [2.05, 4.69) is 0 Å². The molecule has 7 atom stereocenters. The zero-order chi connectivity index (χ0) is 28.4. The maximum atomic E-state index is 13.7. The summed E-state index contributed by atoms with van der Waals surface area (Å²) in [4.78, 5) is 27.2. The predicted octanol–water partition coefficient (Wildman–Crippen LogP) is 0.0571. The van der Waals surface area contributed by atoms with Crippen LogP contribution in [0.5, 0.6) is 17.2 Å². The van der Waals surface area contributed by atoms with Crippen LogP contribution in [0.1, 0.15) is 62.4 Å². The average molecular weight is 546 g/mol. The number of ketones is 2. The zero-order valence-electron chi connectivity index (χ0n) is 21.6. The summed E-state index contributed by atoms with van der Waals surface area (Å²) in [7, 11) is 2.63. The summed E-state index contributed by atoms with van der Waals surface area (Å²) in [6.45, 7) is 1.19. The van der Waals surface area contributed by atoms with E-state index >= 15 is 0 Å². The molecule has 12 heteroatoms. The number of phenols is 2. The fourth-order valence-corrected chi connectivity index (χ4v) is 5.82. The summed E-state index contributed by atoms with van der Waals surface area (Å²) in [5.74, 6) is -2.72. The molecule has 7 unspecified atom stereocenters. The highest BCUT2D eigenvalue weighted by molar-refractivity contribution is 6.31. The quantitative estimate of drug-likeness (QED) is 0.236. The number of hydrogen-bond acceptors (Lipinski definition) is 12. The summed E-state index contributed by atoms with van der Waals surface area (Å²) < 4.78 is 22.1. The molecule has 1 heterocycles. The molecule has 5 rings (SSSR count). The number of fused-ring (bicyclic) bond motifs is 3. The van der Waals surface area contributed by atoms with Gasteiger partial charge in [0.25, 0.3) is 0 Å². The number of aromatic hydroxyl groups is 2. The summed E-state index contributed by atoms with van der Waals surface area (Å²) in [5, 5.41) is 55.7. The maximum absolute atomic E-state index is 13.7. The first kappa shape index (κ1) is 27.5. The van der Waals surface area contributed by atoms with E-state index < -0.39 is 89.6 Å². The molecule has 1 fully saturated rings. The molecule has 2 aromatic carbocycles. The molecule has 1 aliphatic heterocycles. The van der Waals surface area contributed by atoms with Gasteiger partial charge in [-0.05, 0) is 13.0 Å². The van der Waals surface area contributed by atoms with Gasteiger partial charge in [0.2, 0.25) is 5.78 Å². The molecule has 7 N–H and O–H groups in total. The Hall–Kier alpha value is -3.10. The van der Waals surface area contributed by atoms with Crippen molar-refractivity contribution in [3.05, 3.63) is 51.6 Å². The largest absolute Gasteiger partial charge is 0.507 e. The predicted molar refractivity (Wildman–Crippen MR) is 133 cm³/mol. The van der Waals surface area contributed by atoms with Crippen molar-refractivity contribution in [1.29, 1.82) is 0 Å². The van der Waals surface area contributed by atoms with E-state index in [0.29, 0.717) is 0 Å². The molecule has 2 aliphatic carbocycles. The van der Waals surface area contributed by atoms with E-state index in [-0.39, 0.29) is 34.4 Å². The second-order valence-corrected chi connectivity index (χ2v) is 10.3. The second kappa shape index (κ2) is 9.82. The first-order valence-electron chi connectivity index (χ1n) is 12.5. The Morgan fingerprint density at radius 1 is 1.08 bits per heavy atom. The molecule has 39 heavy (non-hydrogen) atoms. The number of methoxy groups -OCH3 is 2. The minimum atomic E-state index is -2.02. The third kappa shape index (κ3) is 4.11. The molecule has 0 bridgehead atoms. The Kier molecular flexibility index (Phi) is 6.92. The summed E-state index contributed by atoms with van der Waals surface area (Å²) in [6, 6.07) is 3.69. The molecule has 0 amide bonds. The van der Waals surface area contributed by atoms with E-state index in [1.54, 1.807) is 6.92 Å². The standard InChI is InChI=1S/C27H31NO11/c1-10-20(29)13(28)7-15(38-10)39-25-17-12(8-27(35,9-36-2)26(25)34)22(31)18-19(24(17)33)23(32)16-11(21(18)30)5-4-6-14(16)37-3/h4-6,10,13,15,20,25-26,29,31,33-35H,7-9,28H2,1-3H3. The van der Waals surface area contributed by atoms with E-state index in [9.17, 15) is 35.1 Å². The zero-order valence-corrected chi connectivity index (χ0v) is 21.6. The van der Waals surface area contributed by atoms with Crippen LogP contribution in [0, 0.1) is 0 Å². The van der Waals surface area contributed by atoms with E-state index in [1.165, 1.54) is 32.4 Å². The molecular formula is C27H31NO11. The molecule has 1 saturated heterocycles. The third-order valence-electron chi connectivity index (χ3n) is 7.81. The minimum Gasteiger partial charge on any atom is -0.507 e. The SMILES string of the molecule is COCC1(O)Cc2c(O)c3c(c(O)c2C(OC2CC(N)C(O)C(C)O2)C1O)C(=O)c1c(OC)cccc1C3=O. The number of hydrogen-bond donors (Lipinski definition) is 6. The Morgan fingerprint density at radius 2 is 1.77 bits per heavy atom.